The number of nitrogen functional groups attached to an aromatic ring is 1. The zero-order valence-electron chi connectivity index (χ0n) is 10.7. The maximum absolute atomic E-state index is 5.82. The van der Waals surface area contributed by atoms with Crippen LogP contribution in [0.4, 0.5) is 11.4 Å². The first-order valence-electron chi connectivity index (χ1n) is 6.42. The lowest BCUT2D eigenvalue weighted by Gasteiger charge is -2.32. The minimum atomic E-state index is 0.841. The number of aryl methyl sites for hydroxylation is 1. The molecule has 0 bridgehead atoms. The Bertz CT molecular complexity index is 575. The average Bonchev–Trinajstić information content (AvgIpc) is 2.38. The summed E-state index contributed by atoms with van der Waals surface area (Å²) in [6, 6.07) is 14.9. The van der Waals surface area contributed by atoms with E-state index < -0.39 is 0 Å². The fraction of sp³-hybridized carbons (Fsp3) is 0.250. The van der Waals surface area contributed by atoms with Gasteiger partial charge in [-0.3, -0.25) is 0 Å². The second-order valence-electron chi connectivity index (χ2n) is 4.99. The number of nitrogens with zero attached hydrogens (tertiary/aromatic N) is 1. The Labute approximate surface area is 108 Å². The Hall–Kier alpha value is -1.96. The zero-order valence-corrected chi connectivity index (χ0v) is 10.7. The summed E-state index contributed by atoms with van der Waals surface area (Å²) in [7, 11) is 0. The standard InChI is InChI=1S/C16H18N2/c1-12-10-15(17)6-7-16(12)18-9-8-13-4-2-3-5-14(13)11-18/h2-7,10H,8-9,11,17H2,1H3. The molecule has 2 N–H and O–H groups in total. The molecule has 0 unspecified atom stereocenters. The van der Waals surface area contributed by atoms with Crippen molar-refractivity contribution in [2.75, 3.05) is 17.2 Å². The molecule has 2 aromatic carbocycles. The molecule has 2 nitrogen and oxygen atoms in total. The maximum Gasteiger partial charge on any atom is 0.0432 e. The zero-order chi connectivity index (χ0) is 12.5. The highest BCUT2D eigenvalue weighted by Gasteiger charge is 2.17. The minimum absolute atomic E-state index is 0.841. The van der Waals surface area contributed by atoms with Crippen molar-refractivity contribution in [2.24, 2.45) is 0 Å². The van der Waals surface area contributed by atoms with E-state index in [9.17, 15) is 0 Å². The molecule has 2 heteroatoms. The number of benzene rings is 2. The van der Waals surface area contributed by atoms with E-state index in [0.717, 1.165) is 25.2 Å². The summed E-state index contributed by atoms with van der Waals surface area (Å²) in [5, 5.41) is 0. The van der Waals surface area contributed by atoms with Crippen molar-refractivity contribution in [3.8, 4) is 0 Å². The Kier molecular flexibility index (Phi) is 2.71. The molecule has 0 fully saturated rings. The van der Waals surface area contributed by atoms with E-state index in [1.807, 2.05) is 6.07 Å². The first-order chi connectivity index (χ1) is 8.74. The van der Waals surface area contributed by atoms with Gasteiger partial charge in [0.25, 0.3) is 0 Å². The number of hydrogen-bond acceptors (Lipinski definition) is 2. The summed E-state index contributed by atoms with van der Waals surface area (Å²) in [6.07, 6.45) is 1.12. The molecule has 18 heavy (non-hydrogen) atoms. The van der Waals surface area contributed by atoms with Gasteiger partial charge in [-0.25, -0.2) is 0 Å². The molecule has 2 aromatic rings. The fourth-order valence-corrected chi connectivity index (χ4v) is 2.73. The largest absolute Gasteiger partial charge is 0.399 e. The van der Waals surface area contributed by atoms with E-state index >= 15 is 0 Å². The quantitative estimate of drug-likeness (QED) is 0.773. The van der Waals surface area contributed by atoms with Crippen LogP contribution in [0.5, 0.6) is 0 Å². The molecule has 0 spiro atoms. The molecule has 1 aliphatic rings. The van der Waals surface area contributed by atoms with E-state index in [1.54, 1.807) is 0 Å². The summed E-state index contributed by atoms with van der Waals surface area (Å²) < 4.78 is 0. The Morgan fingerprint density at radius 1 is 1.06 bits per heavy atom. The van der Waals surface area contributed by atoms with Gasteiger partial charge in [0.05, 0.1) is 0 Å². The molecule has 3 rings (SSSR count). The van der Waals surface area contributed by atoms with Crippen LogP contribution in [0.15, 0.2) is 42.5 Å². The minimum Gasteiger partial charge on any atom is -0.399 e. The maximum atomic E-state index is 5.82. The molecule has 0 amide bonds. The van der Waals surface area contributed by atoms with Crippen LogP contribution in [-0.4, -0.2) is 6.54 Å². The lowest BCUT2D eigenvalue weighted by molar-refractivity contribution is 0.729. The topological polar surface area (TPSA) is 29.3 Å². The lowest BCUT2D eigenvalue weighted by Crippen LogP contribution is -2.30. The van der Waals surface area contributed by atoms with Crippen molar-refractivity contribution in [3.63, 3.8) is 0 Å². The summed E-state index contributed by atoms with van der Waals surface area (Å²) in [6.45, 7) is 4.22. The molecule has 0 saturated carbocycles. The van der Waals surface area contributed by atoms with Crippen LogP contribution >= 0.6 is 0 Å². The van der Waals surface area contributed by atoms with Gasteiger partial charge < -0.3 is 10.6 Å². The first-order valence-corrected chi connectivity index (χ1v) is 6.42. The van der Waals surface area contributed by atoms with Crippen LogP contribution in [0.25, 0.3) is 0 Å². The average molecular weight is 238 g/mol. The first kappa shape index (κ1) is 11.1. The van der Waals surface area contributed by atoms with E-state index in [1.165, 1.54) is 22.4 Å². The smallest absolute Gasteiger partial charge is 0.0432 e. The van der Waals surface area contributed by atoms with Crippen molar-refractivity contribution in [2.45, 2.75) is 19.9 Å². The van der Waals surface area contributed by atoms with Gasteiger partial charge in [0.2, 0.25) is 0 Å². The fourth-order valence-electron chi connectivity index (χ4n) is 2.73. The third-order valence-corrected chi connectivity index (χ3v) is 3.69. The van der Waals surface area contributed by atoms with Crippen molar-refractivity contribution >= 4 is 11.4 Å². The normalized spacial score (nSPS) is 14.4. The molecule has 0 radical (unpaired) electrons. The molecular weight excluding hydrogens is 220 g/mol. The molecule has 1 aliphatic heterocycles. The van der Waals surface area contributed by atoms with Crippen LogP contribution in [0, 0.1) is 6.92 Å². The molecule has 0 atom stereocenters. The molecule has 0 aromatic heterocycles. The van der Waals surface area contributed by atoms with Crippen molar-refractivity contribution in [3.05, 3.63) is 59.2 Å². The van der Waals surface area contributed by atoms with Gasteiger partial charge in [0.15, 0.2) is 0 Å². The van der Waals surface area contributed by atoms with Gasteiger partial charge in [-0.15, -0.1) is 0 Å². The van der Waals surface area contributed by atoms with Gasteiger partial charge in [0.1, 0.15) is 0 Å². The monoisotopic (exact) mass is 238 g/mol. The number of hydrogen-bond donors (Lipinski definition) is 1. The lowest BCUT2D eigenvalue weighted by atomic mass is 9.99. The van der Waals surface area contributed by atoms with Gasteiger partial charge in [-0.1, -0.05) is 24.3 Å². The van der Waals surface area contributed by atoms with Crippen molar-refractivity contribution in [1.82, 2.24) is 0 Å². The summed E-state index contributed by atoms with van der Waals surface area (Å²) in [5.74, 6) is 0. The predicted octanol–water partition coefficient (Wildman–Crippen LogP) is 3.14. The second-order valence-corrected chi connectivity index (χ2v) is 4.99. The van der Waals surface area contributed by atoms with Gasteiger partial charge in [0, 0.05) is 24.5 Å². The van der Waals surface area contributed by atoms with Crippen LogP contribution in [0.3, 0.4) is 0 Å². The van der Waals surface area contributed by atoms with Gasteiger partial charge >= 0.3 is 0 Å². The predicted molar refractivity (Wildman–Crippen MR) is 76.8 cm³/mol. The van der Waals surface area contributed by atoms with Gasteiger partial charge in [-0.05, 0) is 48.2 Å². The van der Waals surface area contributed by atoms with E-state index in [4.69, 9.17) is 5.73 Å². The Morgan fingerprint density at radius 2 is 1.83 bits per heavy atom. The highest BCUT2D eigenvalue weighted by Crippen LogP contribution is 2.28. The SMILES string of the molecule is Cc1cc(N)ccc1N1CCc2ccccc2C1. The van der Waals surface area contributed by atoms with Crippen molar-refractivity contribution in [1.29, 1.82) is 0 Å². The molecule has 92 valence electrons. The van der Waals surface area contributed by atoms with E-state index in [-0.39, 0.29) is 0 Å². The summed E-state index contributed by atoms with van der Waals surface area (Å²) in [4.78, 5) is 2.44. The molecular formula is C16H18N2. The third kappa shape index (κ3) is 1.94. The van der Waals surface area contributed by atoms with E-state index in [0.29, 0.717) is 0 Å². The second kappa shape index (κ2) is 4.37. The number of anilines is 2. The highest BCUT2D eigenvalue weighted by atomic mass is 15.1. The van der Waals surface area contributed by atoms with Crippen LogP contribution < -0.4 is 10.6 Å². The molecule has 0 saturated heterocycles. The van der Waals surface area contributed by atoms with Gasteiger partial charge in [-0.2, -0.15) is 0 Å². The molecule has 0 aliphatic carbocycles. The number of rotatable bonds is 1. The summed E-state index contributed by atoms with van der Waals surface area (Å²) in [5.41, 5.74) is 12.2. The highest BCUT2D eigenvalue weighted by molar-refractivity contribution is 5.60. The Balaban J connectivity index is 1.92. The van der Waals surface area contributed by atoms with Crippen molar-refractivity contribution < 1.29 is 0 Å². The number of fused-ring (bicyclic) bond motifs is 1. The Morgan fingerprint density at radius 3 is 2.61 bits per heavy atom. The summed E-state index contributed by atoms with van der Waals surface area (Å²) >= 11 is 0. The van der Waals surface area contributed by atoms with Crippen LogP contribution in [-0.2, 0) is 13.0 Å². The molecule has 1 heterocycles. The van der Waals surface area contributed by atoms with E-state index in [2.05, 4.69) is 48.2 Å². The third-order valence-electron chi connectivity index (χ3n) is 3.69. The number of nitrogens with two attached hydrogens (primary N) is 1. The van der Waals surface area contributed by atoms with Crippen LogP contribution in [0.2, 0.25) is 0 Å². The van der Waals surface area contributed by atoms with Crippen LogP contribution in [0.1, 0.15) is 16.7 Å².